The largest absolute Gasteiger partial charge is 0.507 e. The molecule has 0 radical (unpaired) electrons. The lowest BCUT2D eigenvalue weighted by atomic mass is 9.94. The van der Waals surface area contributed by atoms with Crippen molar-refractivity contribution in [1.82, 2.24) is 4.90 Å². The van der Waals surface area contributed by atoms with Gasteiger partial charge in [-0.3, -0.25) is 9.59 Å². The highest BCUT2D eigenvalue weighted by molar-refractivity contribution is 6.46. The highest BCUT2D eigenvalue weighted by Crippen LogP contribution is 2.42. The summed E-state index contributed by atoms with van der Waals surface area (Å²) >= 11 is 0. The van der Waals surface area contributed by atoms with E-state index in [0.29, 0.717) is 22.6 Å². The van der Waals surface area contributed by atoms with Gasteiger partial charge >= 0.3 is 0 Å². The molecule has 3 aromatic carbocycles. The molecule has 0 bridgehead atoms. The number of hydrogen-bond acceptors (Lipinski definition) is 5. The Morgan fingerprint density at radius 3 is 2.21 bits per heavy atom. The molecule has 1 heterocycles. The number of likely N-dealkylation sites (tertiary alicyclic amines) is 1. The molecule has 168 valence electrons. The second kappa shape index (κ2) is 9.20. The highest BCUT2D eigenvalue weighted by Gasteiger charge is 2.46. The van der Waals surface area contributed by atoms with Crippen molar-refractivity contribution < 1.29 is 24.2 Å². The summed E-state index contributed by atoms with van der Waals surface area (Å²) in [5.41, 5.74) is 3.06. The smallest absolute Gasteiger partial charge is 0.295 e. The molecule has 1 aliphatic heterocycles. The zero-order valence-electron chi connectivity index (χ0n) is 18.7. The number of carbonyl (C=O) groups is 2. The monoisotopic (exact) mass is 443 g/mol. The van der Waals surface area contributed by atoms with Gasteiger partial charge in [-0.25, -0.2) is 0 Å². The van der Waals surface area contributed by atoms with Crippen LogP contribution in [0.4, 0.5) is 0 Å². The van der Waals surface area contributed by atoms with Crippen molar-refractivity contribution in [2.75, 3.05) is 14.2 Å². The third-order valence-electron chi connectivity index (χ3n) is 5.78. The zero-order chi connectivity index (χ0) is 23.5. The van der Waals surface area contributed by atoms with Gasteiger partial charge in [0.05, 0.1) is 25.8 Å². The molecular weight excluding hydrogens is 418 g/mol. The van der Waals surface area contributed by atoms with Gasteiger partial charge in [0.2, 0.25) is 0 Å². The van der Waals surface area contributed by atoms with Crippen LogP contribution in [0.1, 0.15) is 28.3 Å². The van der Waals surface area contributed by atoms with Crippen LogP contribution < -0.4 is 9.47 Å². The van der Waals surface area contributed by atoms with Gasteiger partial charge in [0.25, 0.3) is 11.7 Å². The summed E-state index contributed by atoms with van der Waals surface area (Å²) in [6.45, 7) is 2.15. The fourth-order valence-electron chi connectivity index (χ4n) is 4.06. The van der Waals surface area contributed by atoms with Crippen molar-refractivity contribution in [2.45, 2.75) is 19.5 Å². The molecule has 1 atom stereocenters. The fraction of sp³-hybridized carbons (Fsp3) is 0.185. The minimum atomic E-state index is -0.786. The number of Topliss-reactive ketones (excluding diaryl/α,β-unsaturated/α-hetero) is 1. The first-order valence-electron chi connectivity index (χ1n) is 10.6. The summed E-state index contributed by atoms with van der Waals surface area (Å²) in [7, 11) is 3.06. The third kappa shape index (κ3) is 4.20. The number of ether oxygens (including phenoxy) is 2. The van der Waals surface area contributed by atoms with E-state index in [9.17, 15) is 14.7 Å². The maximum atomic E-state index is 13.2. The van der Waals surface area contributed by atoms with E-state index in [4.69, 9.17) is 9.47 Å². The summed E-state index contributed by atoms with van der Waals surface area (Å²) in [4.78, 5) is 27.8. The van der Waals surface area contributed by atoms with Gasteiger partial charge in [-0.2, -0.15) is 0 Å². The van der Waals surface area contributed by atoms with E-state index in [0.717, 1.165) is 11.1 Å². The Labute approximate surface area is 192 Å². The Morgan fingerprint density at radius 2 is 1.58 bits per heavy atom. The Kier molecular flexibility index (Phi) is 6.18. The van der Waals surface area contributed by atoms with Crippen LogP contribution in [0.15, 0.2) is 78.4 Å². The summed E-state index contributed by atoms with van der Waals surface area (Å²) in [6, 6.07) is 21.1. The number of nitrogens with zero attached hydrogens (tertiary/aromatic N) is 1. The number of aliphatic hydroxyl groups excluding tert-OH is 1. The standard InChI is InChI=1S/C27H25NO5/c1-17-9-11-19(12-10-17)25(29)23-24(20-13-14-21(32-2)22(15-20)33-3)28(27(31)26(23)30)16-18-7-5-4-6-8-18/h4-15,24,29H,16H2,1-3H3/b25-23+/t24-/m0/s1. The zero-order valence-corrected chi connectivity index (χ0v) is 18.7. The molecule has 0 aliphatic carbocycles. The third-order valence-corrected chi connectivity index (χ3v) is 5.78. The van der Waals surface area contributed by atoms with Gasteiger partial charge in [-0.15, -0.1) is 0 Å². The van der Waals surface area contributed by atoms with Crippen LogP contribution >= 0.6 is 0 Å². The normalized spacial score (nSPS) is 17.3. The lowest BCUT2D eigenvalue weighted by Crippen LogP contribution is -2.29. The molecule has 1 N–H and O–H groups in total. The van der Waals surface area contributed by atoms with E-state index in [1.807, 2.05) is 49.4 Å². The molecule has 6 nitrogen and oxygen atoms in total. The van der Waals surface area contributed by atoms with Gasteiger partial charge in [-0.1, -0.05) is 66.2 Å². The van der Waals surface area contributed by atoms with E-state index in [2.05, 4.69) is 0 Å². The summed E-state index contributed by atoms with van der Waals surface area (Å²) in [5, 5.41) is 11.2. The Morgan fingerprint density at radius 1 is 0.909 bits per heavy atom. The maximum absolute atomic E-state index is 13.2. The molecule has 0 spiro atoms. The van der Waals surface area contributed by atoms with Gasteiger partial charge in [0, 0.05) is 12.1 Å². The van der Waals surface area contributed by atoms with Gasteiger partial charge < -0.3 is 19.5 Å². The summed E-state index contributed by atoms with van der Waals surface area (Å²) in [5.74, 6) is -0.588. The molecule has 0 saturated carbocycles. The minimum Gasteiger partial charge on any atom is -0.507 e. The molecule has 3 aromatic rings. The number of ketones is 1. The molecule has 0 aromatic heterocycles. The van der Waals surface area contributed by atoms with Gasteiger partial charge in [-0.05, 0) is 30.2 Å². The minimum absolute atomic E-state index is 0.0482. The average Bonchev–Trinajstić information content (AvgIpc) is 3.09. The molecule has 33 heavy (non-hydrogen) atoms. The lowest BCUT2D eigenvalue weighted by Gasteiger charge is -2.26. The van der Waals surface area contributed by atoms with Crippen LogP contribution in [0.5, 0.6) is 11.5 Å². The molecular formula is C27H25NO5. The van der Waals surface area contributed by atoms with Crippen molar-refractivity contribution in [2.24, 2.45) is 0 Å². The van der Waals surface area contributed by atoms with Crippen molar-refractivity contribution in [1.29, 1.82) is 0 Å². The van der Waals surface area contributed by atoms with Crippen LogP contribution in [0.2, 0.25) is 0 Å². The van der Waals surface area contributed by atoms with Crippen molar-refractivity contribution in [3.05, 3.63) is 101 Å². The first kappa shape index (κ1) is 22.1. The molecule has 4 rings (SSSR count). The molecule has 1 aliphatic rings. The number of carbonyl (C=O) groups excluding carboxylic acids is 2. The van der Waals surface area contributed by atoms with Crippen molar-refractivity contribution in [3.8, 4) is 11.5 Å². The summed E-state index contributed by atoms with van der Waals surface area (Å²) in [6.07, 6.45) is 0. The van der Waals surface area contributed by atoms with Crippen LogP contribution in [0.25, 0.3) is 5.76 Å². The predicted molar refractivity (Wildman–Crippen MR) is 125 cm³/mol. The van der Waals surface area contributed by atoms with Crippen LogP contribution in [-0.2, 0) is 16.1 Å². The number of hydrogen-bond donors (Lipinski definition) is 1. The number of aliphatic hydroxyl groups is 1. The number of rotatable bonds is 6. The molecule has 1 amide bonds. The van der Waals surface area contributed by atoms with E-state index in [1.54, 1.807) is 30.3 Å². The molecule has 0 unspecified atom stereocenters. The van der Waals surface area contributed by atoms with Gasteiger partial charge in [0.15, 0.2) is 11.5 Å². The number of benzene rings is 3. The van der Waals surface area contributed by atoms with Crippen LogP contribution in [0, 0.1) is 6.92 Å². The van der Waals surface area contributed by atoms with E-state index < -0.39 is 17.7 Å². The van der Waals surface area contributed by atoms with Crippen LogP contribution in [-0.4, -0.2) is 35.9 Å². The SMILES string of the molecule is COc1ccc([C@H]2/C(=C(\O)c3ccc(C)cc3)C(=O)C(=O)N2Cc2ccccc2)cc1OC. The van der Waals surface area contributed by atoms with Crippen molar-refractivity contribution in [3.63, 3.8) is 0 Å². The Bertz CT molecular complexity index is 1220. The average molecular weight is 443 g/mol. The summed E-state index contributed by atoms with van der Waals surface area (Å²) < 4.78 is 10.8. The number of amides is 1. The second-order valence-electron chi connectivity index (χ2n) is 7.89. The lowest BCUT2D eigenvalue weighted by molar-refractivity contribution is -0.140. The first-order chi connectivity index (χ1) is 15.9. The topological polar surface area (TPSA) is 76.1 Å². The number of aryl methyl sites for hydroxylation is 1. The maximum Gasteiger partial charge on any atom is 0.295 e. The van der Waals surface area contributed by atoms with Gasteiger partial charge in [0.1, 0.15) is 5.76 Å². The Hall–Kier alpha value is -4.06. The van der Waals surface area contributed by atoms with E-state index >= 15 is 0 Å². The first-order valence-corrected chi connectivity index (χ1v) is 10.6. The molecule has 6 heteroatoms. The highest BCUT2D eigenvalue weighted by atomic mass is 16.5. The molecule has 1 fully saturated rings. The van der Waals surface area contributed by atoms with E-state index in [-0.39, 0.29) is 17.9 Å². The molecule has 1 saturated heterocycles. The van der Waals surface area contributed by atoms with E-state index in [1.165, 1.54) is 19.1 Å². The van der Waals surface area contributed by atoms with Crippen LogP contribution in [0.3, 0.4) is 0 Å². The fourth-order valence-corrected chi connectivity index (χ4v) is 4.06. The second-order valence-corrected chi connectivity index (χ2v) is 7.89. The Balaban J connectivity index is 1.89. The predicted octanol–water partition coefficient (Wildman–Crippen LogP) is 4.63. The number of methoxy groups -OCH3 is 2. The quantitative estimate of drug-likeness (QED) is 0.341. The van der Waals surface area contributed by atoms with Crippen molar-refractivity contribution >= 4 is 17.4 Å².